The summed E-state index contributed by atoms with van der Waals surface area (Å²) in [6.07, 6.45) is 3.48. The Morgan fingerprint density at radius 2 is 1.07 bits per heavy atom. The Hall–Kier alpha value is -1.91. The fraction of sp³-hybridized carbons (Fsp3) is 0.591. The van der Waals surface area contributed by atoms with Crippen molar-refractivity contribution in [3.8, 4) is 11.5 Å². The zero-order chi connectivity index (χ0) is 50.2. The second kappa shape index (κ2) is 34.4. The van der Waals surface area contributed by atoms with E-state index >= 15 is 0 Å². The van der Waals surface area contributed by atoms with E-state index in [2.05, 4.69) is 22.5 Å². The van der Waals surface area contributed by atoms with Crippen molar-refractivity contribution in [2.24, 2.45) is 5.92 Å². The molecule has 3 unspecified atom stereocenters. The van der Waals surface area contributed by atoms with Crippen LogP contribution in [0.15, 0.2) is 48.5 Å². The number of likely N-dealkylation sites (tertiary alicyclic amines) is 3. The van der Waals surface area contributed by atoms with Crippen LogP contribution in [0.1, 0.15) is 111 Å². The molecule has 370 valence electrons. The molecule has 3 aliphatic rings. The molecule has 0 saturated carbocycles. The number of rotatable bonds is 5. The van der Waals surface area contributed by atoms with Gasteiger partial charge < -0.3 is 55.4 Å². The third-order valence-corrected chi connectivity index (χ3v) is 8.13. The molecular weight excluding hydrogens is 972 g/mol. The summed E-state index contributed by atoms with van der Waals surface area (Å²) in [5.41, 5.74) is -0.473. The number of hydrogen-bond acceptors (Lipinski definition) is 16. The maximum absolute atomic E-state index is 12.0. The quantitative estimate of drug-likeness (QED) is 0.100. The molecule has 3 amide bonds. The fourth-order valence-electron chi connectivity index (χ4n) is 5.43. The number of phenols is 1. The second-order valence-corrected chi connectivity index (χ2v) is 20.9. The van der Waals surface area contributed by atoms with E-state index in [4.69, 9.17) is 34.1 Å². The van der Waals surface area contributed by atoms with Crippen LogP contribution in [0.3, 0.4) is 0 Å². The molecule has 0 aromatic heterocycles. The SMILES string of the molecule is CC(C)(C)OC(=O)N1CCC(O)C1.CC(C)(C)OC(=O)N1CCC(Oc2ccccc2C=O)C1.CC1CCN(C(=O)OC(C)(C)C)C1.CS(=O)(=O)Cl.O=CO[O-].O=Cc1ccccc1O.[H-].[K+].[K+]. The van der Waals surface area contributed by atoms with Crippen LogP contribution in [0.5, 0.6) is 11.5 Å². The van der Waals surface area contributed by atoms with E-state index in [1.807, 2.05) is 68.4 Å². The maximum atomic E-state index is 12.0. The van der Waals surface area contributed by atoms with E-state index in [0.29, 0.717) is 61.7 Å². The molecule has 2 aromatic carbocycles. The summed E-state index contributed by atoms with van der Waals surface area (Å²) in [6.45, 7) is 22.4. The van der Waals surface area contributed by atoms with E-state index in [1.54, 1.807) is 46.2 Å². The molecule has 3 saturated heterocycles. The molecule has 3 aliphatic heterocycles. The number of β-amino-alcohol motifs (C(OH)–C–C–N with tert-alkyl or cyclic N) is 1. The zero-order valence-corrected chi connectivity index (χ0v) is 49.0. The van der Waals surface area contributed by atoms with E-state index in [9.17, 15) is 37.5 Å². The molecule has 67 heavy (non-hydrogen) atoms. The molecule has 0 spiro atoms. The van der Waals surface area contributed by atoms with Gasteiger partial charge in [0.05, 0.1) is 30.0 Å². The number of aromatic hydroxyl groups is 1. The number of aldehydes is 2. The van der Waals surface area contributed by atoms with Crippen LogP contribution in [0.4, 0.5) is 14.4 Å². The molecule has 3 heterocycles. The normalized spacial score (nSPS) is 17.2. The molecule has 0 radical (unpaired) electrons. The minimum atomic E-state index is -3.19. The number of ether oxygens (including phenoxy) is 4. The molecule has 2 aromatic rings. The Morgan fingerprint density at radius 3 is 1.42 bits per heavy atom. The van der Waals surface area contributed by atoms with Crippen molar-refractivity contribution in [2.75, 3.05) is 45.5 Å². The molecule has 0 aliphatic carbocycles. The predicted molar refractivity (Wildman–Crippen MR) is 241 cm³/mol. The number of phenolic OH excluding ortho intramolecular Hbond substituents is 1. The molecule has 19 nitrogen and oxygen atoms in total. The number of aliphatic hydroxyl groups is 1. The van der Waals surface area contributed by atoms with Gasteiger partial charge in [0.25, 0.3) is 6.47 Å². The first kappa shape index (κ1) is 69.4. The van der Waals surface area contributed by atoms with Crippen molar-refractivity contribution in [1.82, 2.24) is 14.7 Å². The van der Waals surface area contributed by atoms with Gasteiger partial charge in [-0.15, -0.1) is 0 Å². The summed E-state index contributed by atoms with van der Waals surface area (Å²) in [5, 5.41) is 26.5. The van der Waals surface area contributed by atoms with E-state index in [0.717, 1.165) is 38.5 Å². The van der Waals surface area contributed by atoms with Gasteiger partial charge in [-0.25, -0.2) is 22.8 Å². The molecule has 3 fully saturated rings. The summed E-state index contributed by atoms with van der Waals surface area (Å²) in [6, 6.07) is 13.5. The molecular formula is C44H68ClK2N3O16S. The van der Waals surface area contributed by atoms with Crippen LogP contribution in [-0.2, 0) is 32.9 Å². The van der Waals surface area contributed by atoms with Crippen molar-refractivity contribution in [1.29, 1.82) is 0 Å². The average Bonchev–Trinajstić information content (AvgIpc) is 3.95. The zero-order valence-electron chi connectivity index (χ0n) is 42.2. The van der Waals surface area contributed by atoms with E-state index in [-0.39, 0.29) is 153 Å². The van der Waals surface area contributed by atoms with Gasteiger partial charge in [-0.05, 0) is 105 Å². The van der Waals surface area contributed by atoms with Gasteiger partial charge in [0.1, 0.15) is 34.4 Å². The second-order valence-electron chi connectivity index (χ2n) is 17.9. The third kappa shape index (κ3) is 35.8. The monoisotopic (exact) mass is 1040 g/mol. The van der Waals surface area contributed by atoms with Gasteiger partial charge >= 0.3 is 121 Å². The van der Waals surface area contributed by atoms with Crippen molar-refractivity contribution in [2.45, 2.75) is 118 Å². The van der Waals surface area contributed by atoms with Crippen LogP contribution in [-0.4, -0.2) is 145 Å². The molecule has 5 rings (SSSR count). The van der Waals surface area contributed by atoms with Gasteiger partial charge in [-0.3, -0.25) is 14.4 Å². The Balaban J connectivity index is -0.000000385. The van der Waals surface area contributed by atoms with Crippen LogP contribution in [0.2, 0.25) is 0 Å². The third-order valence-electron chi connectivity index (χ3n) is 8.13. The first-order valence-electron chi connectivity index (χ1n) is 20.6. The summed E-state index contributed by atoms with van der Waals surface area (Å²) < 4.78 is 40.4. The van der Waals surface area contributed by atoms with Gasteiger partial charge in [0, 0.05) is 49.8 Å². The largest absolute Gasteiger partial charge is 1.00 e. The van der Waals surface area contributed by atoms with E-state index < -0.39 is 20.3 Å². The number of para-hydroxylation sites is 2. The standard InChI is InChI=1S/C16H21NO4.C10H19NO2.C9H17NO3.C7H6O2.CH3ClO2S.CH2O3.2K.H/c1-16(2,3)21-15(19)17-9-8-13(10-17)20-14-7-5-4-6-12(14)11-18;1-8-5-6-11(7-8)9(12)13-10(2,3)4;1-9(2,3)13-8(12)10-5-4-7(11)6-10;8-5-6-3-1-2-4-7(6)9;1-5(2,3)4;2-1-4-3;;;/h4-7,11,13H,8-10H2,1-3H3;8H,5-7H2,1-4H3;7,11H,4-6H2,1-3H3;1-5,9H;1H3;1,3H;;;/q;;;;;;2*+1;-1/p-1. The minimum absolute atomic E-state index is 0. The summed E-state index contributed by atoms with van der Waals surface area (Å²) in [5.74, 6) is 1.21. The molecule has 0 bridgehead atoms. The molecule has 23 heteroatoms. The molecule has 2 N–H and O–H groups in total. The number of amides is 3. The maximum Gasteiger partial charge on any atom is 1.00 e. The predicted octanol–water partition coefficient (Wildman–Crippen LogP) is 0.0834. The van der Waals surface area contributed by atoms with Crippen LogP contribution in [0, 0.1) is 5.92 Å². The van der Waals surface area contributed by atoms with Crippen molar-refractivity contribution < 1.29 is 181 Å². The Labute approximate surface area is 486 Å². The minimum Gasteiger partial charge on any atom is -1.00 e. The van der Waals surface area contributed by atoms with Gasteiger partial charge in [-0.1, -0.05) is 31.2 Å². The van der Waals surface area contributed by atoms with Crippen LogP contribution >= 0.6 is 10.7 Å². The van der Waals surface area contributed by atoms with Gasteiger partial charge in [-0.2, -0.15) is 0 Å². The number of nitrogens with zero attached hydrogens (tertiary/aromatic N) is 3. The summed E-state index contributed by atoms with van der Waals surface area (Å²) in [4.78, 5) is 72.1. The Kier molecular flexibility index (Phi) is 35.6. The fourth-order valence-corrected chi connectivity index (χ4v) is 5.43. The van der Waals surface area contributed by atoms with Crippen LogP contribution < -0.4 is 113 Å². The number of carbonyl (C=O) groups is 6. The van der Waals surface area contributed by atoms with Crippen molar-refractivity contribution in [3.63, 3.8) is 0 Å². The number of benzene rings is 2. The van der Waals surface area contributed by atoms with Gasteiger partial charge in [0.15, 0.2) is 12.6 Å². The van der Waals surface area contributed by atoms with Gasteiger partial charge in [0.2, 0.25) is 9.05 Å². The number of halogens is 1. The van der Waals surface area contributed by atoms with E-state index in [1.165, 1.54) is 11.0 Å². The van der Waals surface area contributed by atoms with Crippen molar-refractivity contribution >= 4 is 57.1 Å². The smallest absolute Gasteiger partial charge is 1.00 e. The number of aliphatic hydroxyl groups excluding tert-OH is 1. The number of hydrogen-bond donors (Lipinski definition) is 2. The average molecular weight is 1040 g/mol. The summed E-state index contributed by atoms with van der Waals surface area (Å²) >= 11 is 0. The first-order chi connectivity index (χ1) is 29.9. The Morgan fingerprint density at radius 1 is 0.701 bits per heavy atom. The summed E-state index contributed by atoms with van der Waals surface area (Å²) in [7, 11) is 1.31. The topological polar surface area (TPSA) is 256 Å². The Bertz CT molecular complexity index is 1870. The van der Waals surface area contributed by atoms with Crippen LogP contribution in [0.25, 0.3) is 0 Å². The first-order valence-corrected chi connectivity index (χ1v) is 23.3. The van der Waals surface area contributed by atoms with Crippen molar-refractivity contribution in [3.05, 3.63) is 59.7 Å². The molecule has 3 atom stereocenters. The number of carbonyl (C=O) groups excluding carboxylic acids is 6.